The predicted molar refractivity (Wildman–Crippen MR) is 99.7 cm³/mol. The Hall–Kier alpha value is -3.47. The molecule has 1 amide bonds. The van der Waals surface area contributed by atoms with Gasteiger partial charge in [0.15, 0.2) is 5.58 Å². The van der Waals surface area contributed by atoms with Gasteiger partial charge in [-0.25, -0.2) is 4.98 Å². The quantitative estimate of drug-likeness (QED) is 0.597. The van der Waals surface area contributed by atoms with Gasteiger partial charge in [0.25, 0.3) is 5.91 Å². The fourth-order valence-electron chi connectivity index (χ4n) is 2.75. The zero-order valence-electron chi connectivity index (χ0n) is 14.1. The summed E-state index contributed by atoms with van der Waals surface area (Å²) in [7, 11) is 0. The summed E-state index contributed by atoms with van der Waals surface area (Å²) in [5, 5.41) is 2.95. The lowest BCUT2D eigenvalue weighted by Crippen LogP contribution is -2.25. The van der Waals surface area contributed by atoms with Crippen molar-refractivity contribution in [2.24, 2.45) is 0 Å². The van der Waals surface area contributed by atoms with Crippen molar-refractivity contribution in [2.45, 2.75) is 6.42 Å². The minimum atomic E-state index is -0.115. The van der Waals surface area contributed by atoms with E-state index >= 15 is 0 Å². The Bertz CT molecular complexity index is 1030. The molecule has 5 nitrogen and oxygen atoms in total. The Morgan fingerprint density at radius 3 is 2.62 bits per heavy atom. The molecule has 1 N–H and O–H groups in total. The Kier molecular flexibility index (Phi) is 4.43. The maximum absolute atomic E-state index is 12.4. The summed E-state index contributed by atoms with van der Waals surface area (Å²) in [4.78, 5) is 20.8. The average Bonchev–Trinajstić information content (AvgIpc) is 3.13. The van der Waals surface area contributed by atoms with Crippen LogP contribution < -0.4 is 5.32 Å². The van der Waals surface area contributed by atoms with E-state index < -0.39 is 0 Å². The molecule has 4 rings (SSSR count). The SMILES string of the molecule is O=C(NCCc1ccccc1)c1ccc2oc(-c3ccncc3)nc2c1. The lowest BCUT2D eigenvalue weighted by Gasteiger charge is -2.05. The Morgan fingerprint density at radius 1 is 1.00 bits per heavy atom. The number of hydrogen-bond acceptors (Lipinski definition) is 4. The largest absolute Gasteiger partial charge is 0.436 e. The summed E-state index contributed by atoms with van der Waals surface area (Å²) >= 11 is 0. The van der Waals surface area contributed by atoms with E-state index in [0.717, 1.165) is 12.0 Å². The van der Waals surface area contributed by atoms with Gasteiger partial charge in [-0.1, -0.05) is 30.3 Å². The Labute approximate surface area is 150 Å². The van der Waals surface area contributed by atoms with Crippen molar-refractivity contribution in [1.82, 2.24) is 15.3 Å². The van der Waals surface area contributed by atoms with E-state index in [1.54, 1.807) is 30.6 Å². The molecule has 0 fully saturated rings. The number of oxazole rings is 1. The minimum Gasteiger partial charge on any atom is -0.436 e. The summed E-state index contributed by atoms with van der Waals surface area (Å²) in [6.45, 7) is 0.585. The highest BCUT2D eigenvalue weighted by atomic mass is 16.3. The average molecular weight is 343 g/mol. The molecule has 2 aromatic carbocycles. The summed E-state index contributed by atoms with van der Waals surface area (Å²) < 4.78 is 5.76. The third-order valence-electron chi connectivity index (χ3n) is 4.12. The predicted octanol–water partition coefficient (Wildman–Crippen LogP) is 3.86. The molecule has 0 atom stereocenters. The monoisotopic (exact) mass is 343 g/mol. The van der Waals surface area contributed by atoms with Crippen molar-refractivity contribution in [3.63, 3.8) is 0 Å². The zero-order chi connectivity index (χ0) is 17.8. The number of rotatable bonds is 5. The molecule has 0 radical (unpaired) electrons. The van der Waals surface area contributed by atoms with Crippen LogP contribution in [0.5, 0.6) is 0 Å². The van der Waals surface area contributed by atoms with Crippen LogP contribution in [0.2, 0.25) is 0 Å². The number of hydrogen-bond donors (Lipinski definition) is 1. The number of aromatic nitrogens is 2. The summed E-state index contributed by atoms with van der Waals surface area (Å²) in [6, 6.07) is 19.0. The van der Waals surface area contributed by atoms with Crippen LogP contribution in [-0.2, 0) is 6.42 Å². The molecule has 2 heterocycles. The standard InChI is InChI=1S/C21H17N3O2/c25-20(23-13-8-15-4-2-1-3-5-15)17-6-7-19-18(14-17)24-21(26-19)16-9-11-22-12-10-16/h1-7,9-12,14H,8,13H2,(H,23,25). The maximum Gasteiger partial charge on any atom is 0.251 e. The maximum atomic E-state index is 12.4. The Morgan fingerprint density at radius 2 is 1.81 bits per heavy atom. The van der Waals surface area contributed by atoms with Gasteiger partial charge in [0.2, 0.25) is 5.89 Å². The van der Waals surface area contributed by atoms with Gasteiger partial charge in [-0.2, -0.15) is 0 Å². The molecule has 26 heavy (non-hydrogen) atoms. The fraction of sp³-hybridized carbons (Fsp3) is 0.0952. The first-order chi connectivity index (χ1) is 12.8. The third-order valence-corrected chi connectivity index (χ3v) is 4.12. The van der Waals surface area contributed by atoms with Crippen molar-refractivity contribution in [2.75, 3.05) is 6.54 Å². The molecule has 0 saturated heterocycles. The van der Waals surface area contributed by atoms with Crippen molar-refractivity contribution >= 4 is 17.0 Å². The minimum absolute atomic E-state index is 0.115. The van der Waals surface area contributed by atoms with Crippen LogP contribution in [0.25, 0.3) is 22.6 Å². The molecule has 0 bridgehead atoms. The zero-order valence-corrected chi connectivity index (χ0v) is 14.1. The molecule has 0 aliphatic carbocycles. The van der Waals surface area contributed by atoms with E-state index in [-0.39, 0.29) is 5.91 Å². The Balaban J connectivity index is 1.47. The lowest BCUT2D eigenvalue weighted by atomic mass is 10.1. The number of nitrogens with one attached hydrogen (secondary N) is 1. The first-order valence-corrected chi connectivity index (χ1v) is 8.43. The molecule has 128 valence electrons. The number of benzene rings is 2. The second kappa shape index (κ2) is 7.19. The molecular weight excluding hydrogens is 326 g/mol. The second-order valence-electron chi connectivity index (χ2n) is 5.93. The van der Waals surface area contributed by atoms with Gasteiger partial charge in [-0.05, 0) is 42.3 Å². The summed E-state index contributed by atoms with van der Waals surface area (Å²) in [5.74, 6) is 0.403. The van der Waals surface area contributed by atoms with Gasteiger partial charge in [0, 0.05) is 30.1 Å². The van der Waals surface area contributed by atoms with Gasteiger partial charge < -0.3 is 9.73 Å². The van der Waals surface area contributed by atoms with Gasteiger partial charge in [0.05, 0.1) is 0 Å². The number of carbonyl (C=O) groups is 1. The highest BCUT2D eigenvalue weighted by Crippen LogP contribution is 2.24. The van der Waals surface area contributed by atoms with Crippen LogP contribution >= 0.6 is 0 Å². The van der Waals surface area contributed by atoms with Crippen molar-refractivity contribution in [1.29, 1.82) is 0 Å². The van der Waals surface area contributed by atoms with Crippen LogP contribution in [0.1, 0.15) is 15.9 Å². The first kappa shape index (κ1) is 16.0. The van der Waals surface area contributed by atoms with Crippen LogP contribution in [0, 0.1) is 0 Å². The van der Waals surface area contributed by atoms with Crippen molar-refractivity contribution in [3.8, 4) is 11.5 Å². The van der Waals surface area contributed by atoms with Crippen LogP contribution in [-0.4, -0.2) is 22.4 Å². The van der Waals surface area contributed by atoms with Crippen LogP contribution in [0.15, 0.2) is 77.5 Å². The fourth-order valence-corrected chi connectivity index (χ4v) is 2.75. The van der Waals surface area contributed by atoms with Gasteiger partial charge in [0.1, 0.15) is 5.52 Å². The first-order valence-electron chi connectivity index (χ1n) is 8.43. The molecule has 0 aliphatic heterocycles. The number of carbonyl (C=O) groups excluding carboxylic acids is 1. The smallest absolute Gasteiger partial charge is 0.251 e. The van der Waals surface area contributed by atoms with Crippen LogP contribution in [0.4, 0.5) is 0 Å². The van der Waals surface area contributed by atoms with Gasteiger partial charge in [-0.15, -0.1) is 0 Å². The molecule has 0 unspecified atom stereocenters. The van der Waals surface area contributed by atoms with E-state index in [1.807, 2.05) is 42.5 Å². The second-order valence-corrected chi connectivity index (χ2v) is 5.93. The summed E-state index contributed by atoms with van der Waals surface area (Å²) in [6.07, 6.45) is 4.18. The molecule has 0 spiro atoms. The van der Waals surface area contributed by atoms with Gasteiger partial charge >= 0.3 is 0 Å². The number of pyridine rings is 1. The highest BCUT2D eigenvalue weighted by molar-refractivity contribution is 5.97. The molecule has 2 aromatic heterocycles. The van der Waals surface area contributed by atoms with E-state index in [2.05, 4.69) is 15.3 Å². The third kappa shape index (κ3) is 3.47. The lowest BCUT2D eigenvalue weighted by molar-refractivity contribution is 0.0954. The molecule has 0 saturated carbocycles. The molecular formula is C21H17N3O2. The molecule has 5 heteroatoms. The van der Waals surface area contributed by atoms with E-state index in [1.165, 1.54) is 5.56 Å². The number of nitrogens with zero attached hydrogens (tertiary/aromatic N) is 2. The van der Waals surface area contributed by atoms with Crippen LogP contribution in [0.3, 0.4) is 0 Å². The summed E-state index contributed by atoms with van der Waals surface area (Å²) in [5.41, 5.74) is 3.93. The van der Waals surface area contributed by atoms with Crippen molar-refractivity contribution in [3.05, 3.63) is 84.2 Å². The van der Waals surface area contributed by atoms with Gasteiger partial charge in [-0.3, -0.25) is 9.78 Å². The highest BCUT2D eigenvalue weighted by Gasteiger charge is 2.11. The normalized spacial score (nSPS) is 10.8. The van der Waals surface area contributed by atoms with E-state index in [4.69, 9.17) is 4.42 Å². The van der Waals surface area contributed by atoms with E-state index in [0.29, 0.717) is 29.1 Å². The number of amides is 1. The molecule has 0 aliphatic rings. The van der Waals surface area contributed by atoms with Crippen molar-refractivity contribution < 1.29 is 9.21 Å². The van der Waals surface area contributed by atoms with E-state index in [9.17, 15) is 4.79 Å². The topological polar surface area (TPSA) is 68.0 Å². The number of fused-ring (bicyclic) bond motifs is 1. The molecule has 4 aromatic rings.